The molecule has 6 amide bonds. The summed E-state index contributed by atoms with van der Waals surface area (Å²) in [5.74, 6) is -7.20. The highest BCUT2D eigenvalue weighted by molar-refractivity contribution is 7.86. The van der Waals surface area contributed by atoms with Gasteiger partial charge < -0.3 is 84.9 Å². The fraction of sp³-hybridized carbons (Fsp3) is 0.444. The van der Waals surface area contributed by atoms with Crippen LogP contribution in [-0.4, -0.2) is 185 Å². The summed E-state index contributed by atoms with van der Waals surface area (Å²) in [6.07, 6.45) is 9.88. The van der Waals surface area contributed by atoms with Crippen LogP contribution in [0.5, 0.6) is 23.0 Å². The molecule has 5 heterocycles. The van der Waals surface area contributed by atoms with Gasteiger partial charge in [-0.25, -0.2) is 19.9 Å². The number of thiazole rings is 4. The van der Waals surface area contributed by atoms with Crippen LogP contribution < -0.4 is 59.7 Å². The predicted molar refractivity (Wildman–Crippen MR) is 466 cm³/mol. The molecular weight excluding hydrogens is 1720 g/mol. The Balaban J connectivity index is 0.000000334. The normalized spacial score (nSPS) is 16.4. The van der Waals surface area contributed by atoms with E-state index in [4.69, 9.17) is 34.9 Å². The van der Waals surface area contributed by atoms with Crippen molar-refractivity contribution in [3.8, 4) is 23.0 Å². The predicted octanol–water partition coefficient (Wildman–Crippen LogP) is 8.71. The number of alkyl halides is 3. The molecule has 0 saturated heterocycles. The molecule has 0 saturated carbocycles. The Morgan fingerprint density at radius 3 is 1.58 bits per heavy atom. The van der Waals surface area contributed by atoms with Gasteiger partial charge in [-0.1, -0.05) is 62.4 Å². The van der Waals surface area contributed by atoms with Crippen molar-refractivity contribution in [1.82, 2.24) is 41.2 Å². The molecule has 19 N–H and O–H groups in total. The lowest BCUT2D eigenvalue weighted by Crippen LogP contribution is -2.49. The summed E-state index contributed by atoms with van der Waals surface area (Å²) in [5.41, 5.74) is 15.2. The Morgan fingerprint density at radius 1 is 0.669 bits per heavy atom. The van der Waals surface area contributed by atoms with Gasteiger partial charge in [-0.15, -0.1) is 45.3 Å². The zero-order valence-corrected chi connectivity index (χ0v) is 74.0. The Kier molecular flexibility index (Phi) is 41.3. The number of primary amides is 2. The minimum atomic E-state index is -5.84. The van der Waals surface area contributed by atoms with E-state index < -0.39 is 116 Å². The first-order chi connectivity index (χ1) is 58.1. The first-order valence-corrected chi connectivity index (χ1v) is 43.7. The van der Waals surface area contributed by atoms with Crippen LogP contribution in [0.2, 0.25) is 0 Å². The summed E-state index contributed by atoms with van der Waals surface area (Å²) in [7, 11) is -5.84. The number of phenols is 4. The van der Waals surface area contributed by atoms with Crippen molar-refractivity contribution in [2.45, 2.75) is 181 Å². The summed E-state index contributed by atoms with van der Waals surface area (Å²) in [4.78, 5) is 145. The van der Waals surface area contributed by atoms with E-state index in [1.165, 1.54) is 90.5 Å². The first-order valence-electron chi connectivity index (χ1n) is 39.0. The fourth-order valence-corrected chi connectivity index (χ4v) is 14.3. The molecule has 35 nitrogen and oxygen atoms in total. The van der Waals surface area contributed by atoms with Gasteiger partial charge in [0.15, 0.2) is 32.1 Å². The van der Waals surface area contributed by atoms with E-state index in [1.54, 1.807) is 117 Å². The molecule has 43 heteroatoms. The number of aromatic hydroxyl groups is 4. The number of nitrogens with zero attached hydrogens (tertiary/aromatic N) is 5. The third kappa shape index (κ3) is 38.1. The number of carbonyl (C=O) groups is 9. The monoisotopic (exact) mass is 1820 g/mol. The van der Waals surface area contributed by atoms with Crippen LogP contribution >= 0.6 is 45.3 Å². The number of phenolic OH excluding ortho intramolecular Hbond substituents is 4. The van der Waals surface area contributed by atoms with Gasteiger partial charge in [0.1, 0.15) is 40.7 Å². The lowest BCUT2D eigenvalue weighted by atomic mass is 9.94. The van der Waals surface area contributed by atoms with Crippen LogP contribution in [0, 0.1) is 41.7 Å². The second kappa shape index (κ2) is 49.7. The number of hydrogen-bond acceptors (Lipinski definition) is 31. The van der Waals surface area contributed by atoms with Gasteiger partial charge in [-0.3, -0.25) is 57.8 Å². The second-order valence-electron chi connectivity index (χ2n) is 29.9. The second-order valence-corrected chi connectivity index (χ2v) is 36.0. The number of hydrogen-bond donors (Lipinski definition) is 16. The summed E-state index contributed by atoms with van der Waals surface area (Å²) < 4.78 is 62.9. The van der Waals surface area contributed by atoms with Crippen molar-refractivity contribution in [2.24, 2.45) is 35.0 Å². The number of amides is 6. The molecule has 8 aromatic rings. The quantitative estimate of drug-likeness (QED) is 0.00752. The summed E-state index contributed by atoms with van der Waals surface area (Å²) in [6, 6.07) is 17.4. The average Bonchev–Trinajstić information content (AvgIpc) is 1.55. The van der Waals surface area contributed by atoms with E-state index in [9.17, 15) is 86.9 Å². The highest BCUT2D eigenvalue weighted by Gasteiger charge is 2.44. The molecule has 4 aromatic heterocycles. The maximum absolute atomic E-state index is 13.2. The number of fused-ring (bicyclic) bond motifs is 8. The zero-order chi connectivity index (χ0) is 92.3. The van der Waals surface area contributed by atoms with Gasteiger partial charge in [0, 0.05) is 133 Å². The maximum Gasteiger partial charge on any atom is 0.522 e. The van der Waals surface area contributed by atoms with E-state index in [-0.39, 0.29) is 85.2 Å². The van der Waals surface area contributed by atoms with E-state index in [1.807, 2.05) is 12.4 Å². The number of ketones is 2. The number of nitro groups is 1. The van der Waals surface area contributed by atoms with Crippen LogP contribution in [0.3, 0.4) is 0 Å². The van der Waals surface area contributed by atoms with Crippen LogP contribution in [0.25, 0.3) is 0 Å². The summed E-state index contributed by atoms with van der Waals surface area (Å²) >= 11 is 6.35. The number of ether oxygens (including phenoxy) is 1. The minimum absolute atomic E-state index is 0.0278. The Morgan fingerprint density at radius 2 is 1.15 bits per heavy atom. The average molecular weight is 1830 g/mol. The highest BCUT2D eigenvalue weighted by Crippen LogP contribution is 2.31. The number of aryl methyl sites for hydroxylation is 2. The number of benzene rings is 4. The van der Waals surface area contributed by atoms with E-state index in [2.05, 4.69) is 76.3 Å². The Labute approximate surface area is 731 Å². The molecule has 0 fully saturated rings. The maximum atomic E-state index is 13.2. The molecule has 0 unspecified atom stereocenters. The summed E-state index contributed by atoms with van der Waals surface area (Å²) in [6.45, 7) is 20.1. The SMILES string of the molecule is CC[N+](=O)[O-].C[C@@H]1CC(=O)[C@H](C)NC(=O)[C@@H](N)Cc2ccc(O)c(c2)Cc2cnc(s2)NCCCNc2ncc(s2)Cc2cc(ccc2O)C[C@@H](C(N)=O)NC1=O.C[C@H](CC(=O)[C@H](C)NC(=O)[C@@H](CC(=O)OC(C)(C)C)Cc1ccc(O)cc1)C(=O)N[C@@H](Cc1ccc(O)cc1)C(N)=O.Cc1cnc(NCCCNc2ncc(C)s2)s1.O=S(=O)(O)C(F)(F)F. The molecule has 1 aliphatic heterocycles. The lowest BCUT2D eigenvalue weighted by Gasteiger charge is -2.23. The van der Waals surface area contributed by atoms with Crippen LogP contribution in [0.1, 0.15) is 140 Å². The molecule has 0 spiro atoms. The number of halogens is 3. The molecule has 676 valence electrons. The largest absolute Gasteiger partial charge is 0.522 e. The van der Waals surface area contributed by atoms with Crippen molar-refractivity contribution in [3.05, 3.63) is 173 Å². The van der Waals surface area contributed by atoms with E-state index in [0.29, 0.717) is 53.7 Å². The van der Waals surface area contributed by atoms with Crippen molar-refractivity contribution in [3.63, 3.8) is 0 Å². The van der Waals surface area contributed by atoms with Crippen molar-refractivity contribution in [1.29, 1.82) is 0 Å². The van der Waals surface area contributed by atoms with Gasteiger partial charge in [0.2, 0.25) is 42.0 Å². The Bertz CT molecular complexity index is 4950. The molecule has 1 aliphatic rings. The van der Waals surface area contributed by atoms with Crippen molar-refractivity contribution < 1.29 is 99.4 Å². The third-order valence-corrected chi connectivity index (χ3v) is 22.1. The Hall–Kier alpha value is -11.5. The van der Waals surface area contributed by atoms with Gasteiger partial charge in [0.05, 0.1) is 30.5 Å². The third-order valence-electron chi connectivity index (χ3n) is 17.9. The number of rotatable bonds is 22. The van der Waals surface area contributed by atoms with Gasteiger partial charge >= 0.3 is 21.6 Å². The van der Waals surface area contributed by atoms with E-state index >= 15 is 0 Å². The number of aromatic nitrogens is 4. The molecular formula is C81H107F3N16O19S5. The highest BCUT2D eigenvalue weighted by atomic mass is 32.2. The first kappa shape index (κ1) is 103. The topological polar surface area (TPSA) is 567 Å². The van der Waals surface area contributed by atoms with Crippen molar-refractivity contribution >= 4 is 129 Å². The standard InChI is InChI=1S/C36H44N8O6S2.C31H41N3O8.C11H16N4S2.C2H5NO2.CHF3O3S/c1-19-10-31(47)20(2)43-34(50)27(37)13-21-4-6-29(45)23(11-21)15-25-17-41-35(51-25)39-8-3-9-40-36-42-18-26(52-36)16-24-12-22(5-7-30(24)46)14-28(32(38)48)44-33(19)49;1-18(29(40)34-25(28(32)39)16-21-8-12-24(36)13-9-21)14-26(37)19(2)33-30(41)22(17-27(38)42-31(3,4)5)15-20-6-10-23(35)11-7-20;1-8-6-14-10(16-8)12-4-3-5-13-11-15-7-9(2)17-11;1-2-3(4)5;2-1(3,4)8(5,6)7/h4-7,11-12,17-20,27-28,45-46H,3,8-10,13-16,37H2,1-2H3,(H2,38,48)(H,39,41)(H,40,42)(H,43,50)(H,44,49);6-13,18-19,22,25,35-36H,14-17H2,1-5H3,(H2,32,39)(H,33,41)(H,34,40);6-7H,3-5H2,1-2H3,(H,12,14)(H,13,15);2H2,1H3;(H,5,6,7)/t19-,20+,27+,28+;18-,19+,22-,25+;;;/m11.../s1. The zero-order valence-electron chi connectivity index (χ0n) is 69.9. The number of nitrogens with two attached hydrogens (primary N) is 3. The molecule has 4 aromatic carbocycles. The molecule has 8 bridgehead atoms. The molecule has 8 atom stereocenters. The van der Waals surface area contributed by atoms with Gasteiger partial charge in [-0.2, -0.15) is 21.6 Å². The van der Waals surface area contributed by atoms with Crippen LogP contribution in [0.15, 0.2) is 110 Å². The van der Waals surface area contributed by atoms with Gasteiger partial charge in [0.25, 0.3) is 0 Å². The number of carbonyl (C=O) groups excluding carboxylic acids is 9. The molecule has 9 rings (SSSR count). The number of Topliss-reactive ketones (excluding diaryl/α,β-unsaturated/α-hetero) is 2. The smallest absolute Gasteiger partial charge is 0.508 e. The number of anilines is 4. The van der Waals surface area contributed by atoms with Crippen LogP contribution in [0.4, 0.5) is 33.7 Å². The molecule has 0 aliphatic carbocycles. The van der Waals surface area contributed by atoms with Crippen molar-refractivity contribution in [2.75, 3.05) is 54.0 Å². The van der Waals surface area contributed by atoms with E-state index in [0.717, 1.165) is 61.8 Å². The number of nitrogens with one attached hydrogen (secondary N) is 8. The minimum Gasteiger partial charge on any atom is -0.508 e. The number of esters is 1. The summed E-state index contributed by atoms with van der Waals surface area (Å²) in [5, 5.41) is 76.6. The fourth-order valence-electron chi connectivity index (χ4n) is 11.2. The molecule has 0 radical (unpaired) electrons. The van der Waals surface area contributed by atoms with Crippen LogP contribution in [-0.2, 0) is 96.5 Å². The van der Waals surface area contributed by atoms with Gasteiger partial charge in [-0.05, 0) is 144 Å². The lowest BCUT2D eigenvalue weighted by molar-refractivity contribution is -0.475. The molecule has 124 heavy (non-hydrogen) atoms.